The van der Waals surface area contributed by atoms with Crippen molar-refractivity contribution < 1.29 is 33.0 Å². The second kappa shape index (κ2) is 13.7. The minimum atomic E-state index is -1.11. The lowest BCUT2D eigenvalue weighted by Gasteiger charge is -2.15. The molecule has 6 nitrogen and oxygen atoms in total. The second-order valence-electron chi connectivity index (χ2n) is 8.62. The highest BCUT2D eigenvalue weighted by Gasteiger charge is 2.20. The largest absolute Gasteiger partial charge is 0.490 e. The van der Waals surface area contributed by atoms with Crippen molar-refractivity contribution in [1.82, 2.24) is 0 Å². The van der Waals surface area contributed by atoms with Gasteiger partial charge in [-0.3, -0.25) is 0 Å². The predicted octanol–water partition coefficient (Wildman–Crippen LogP) is 6.33. The van der Waals surface area contributed by atoms with Gasteiger partial charge in [-0.2, -0.15) is 0 Å². The van der Waals surface area contributed by atoms with E-state index < -0.39 is 17.9 Å². The lowest BCUT2D eigenvalue weighted by Crippen LogP contribution is -2.29. The molecule has 4 rings (SSSR count). The van der Waals surface area contributed by atoms with Crippen molar-refractivity contribution in [3.05, 3.63) is 120 Å². The van der Waals surface area contributed by atoms with Crippen molar-refractivity contribution in [3.63, 3.8) is 0 Å². The first-order valence-corrected chi connectivity index (χ1v) is 12.3. The van der Waals surface area contributed by atoms with Crippen LogP contribution in [0.2, 0.25) is 0 Å². The number of nitrogens with zero attached hydrogens (tertiary/aromatic N) is 1. The van der Waals surface area contributed by atoms with E-state index in [2.05, 4.69) is 5.16 Å². The van der Waals surface area contributed by atoms with E-state index >= 15 is 0 Å². The van der Waals surface area contributed by atoms with Crippen LogP contribution in [0.3, 0.4) is 0 Å². The number of carboxylic acids is 1. The highest BCUT2D eigenvalue weighted by Crippen LogP contribution is 2.20. The highest BCUT2D eigenvalue weighted by molar-refractivity contribution is 5.73. The van der Waals surface area contributed by atoms with Crippen LogP contribution in [0.5, 0.6) is 11.5 Å². The van der Waals surface area contributed by atoms with Crippen LogP contribution in [-0.2, 0) is 22.5 Å². The quantitative estimate of drug-likeness (QED) is 0.124. The zero-order valence-electron chi connectivity index (χ0n) is 21.0. The molecular formula is C31H27F2NO5. The Bertz CT molecular complexity index is 1360. The summed E-state index contributed by atoms with van der Waals surface area (Å²) < 4.78 is 37.3. The summed E-state index contributed by atoms with van der Waals surface area (Å²) in [5.41, 5.74) is 3.79. The van der Waals surface area contributed by atoms with Crippen molar-refractivity contribution in [3.8, 4) is 22.6 Å². The summed E-state index contributed by atoms with van der Waals surface area (Å²) in [5, 5.41) is 13.4. The maximum absolute atomic E-state index is 13.1. The standard InChI is InChI=1S/C31H27F2NO5/c32-26-9-7-25(8-10-26)24-5-1-22(2-6-24)17-18-34-38-20-19-37-28-13-3-23(4-14-28)21-30(31(35)36)39-29-15-11-27(33)12-16-29/h1-16,18,30H,17,19-21H2,(H,35,36). The number of hydrogen-bond donors (Lipinski definition) is 1. The van der Waals surface area contributed by atoms with Gasteiger partial charge in [-0.25, -0.2) is 13.6 Å². The van der Waals surface area contributed by atoms with Gasteiger partial charge in [-0.05, 0) is 70.8 Å². The Morgan fingerprint density at radius 3 is 1.90 bits per heavy atom. The third-order valence-electron chi connectivity index (χ3n) is 5.76. The summed E-state index contributed by atoms with van der Waals surface area (Å²) in [6.07, 6.45) is 1.31. The average molecular weight is 532 g/mol. The molecule has 0 amide bonds. The van der Waals surface area contributed by atoms with Crippen LogP contribution in [0.4, 0.5) is 8.78 Å². The fourth-order valence-electron chi connectivity index (χ4n) is 3.71. The molecule has 1 atom stereocenters. The molecule has 4 aromatic rings. The Morgan fingerprint density at radius 1 is 0.744 bits per heavy atom. The fourth-order valence-corrected chi connectivity index (χ4v) is 3.71. The topological polar surface area (TPSA) is 77.4 Å². The predicted molar refractivity (Wildman–Crippen MR) is 144 cm³/mol. The van der Waals surface area contributed by atoms with Crippen LogP contribution in [-0.4, -0.2) is 36.6 Å². The van der Waals surface area contributed by atoms with Crippen molar-refractivity contribution in [2.75, 3.05) is 13.2 Å². The van der Waals surface area contributed by atoms with Gasteiger partial charge in [0.05, 0.1) is 0 Å². The summed E-state index contributed by atoms with van der Waals surface area (Å²) in [6, 6.07) is 26.5. The Morgan fingerprint density at radius 2 is 1.28 bits per heavy atom. The molecule has 0 aliphatic carbocycles. The van der Waals surface area contributed by atoms with Gasteiger partial charge in [0.15, 0.2) is 12.7 Å². The number of halogens is 2. The van der Waals surface area contributed by atoms with E-state index in [1.54, 1.807) is 42.6 Å². The summed E-state index contributed by atoms with van der Waals surface area (Å²) in [7, 11) is 0. The monoisotopic (exact) mass is 531 g/mol. The van der Waals surface area contributed by atoms with Crippen LogP contribution in [0.1, 0.15) is 11.1 Å². The molecule has 0 saturated heterocycles. The third-order valence-corrected chi connectivity index (χ3v) is 5.76. The average Bonchev–Trinajstić information content (AvgIpc) is 2.95. The maximum Gasteiger partial charge on any atom is 0.345 e. The molecule has 39 heavy (non-hydrogen) atoms. The first-order valence-electron chi connectivity index (χ1n) is 12.3. The third kappa shape index (κ3) is 8.67. The van der Waals surface area contributed by atoms with Gasteiger partial charge in [-0.15, -0.1) is 0 Å². The van der Waals surface area contributed by atoms with Gasteiger partial charge in [0.25, 0.3) is 0 Å². The molecule has 0 spiro atoms. The lowest BCUT2D eigenvalue weighted by atomic mass is 10.0. The van der Waals surface area contributed by atoms with E-state index in [0.717, 1.165) is 22.3 Å². The molecule has 0 aromatic heterocycles. The summed E-state index contributed by atoms with van der Waals surface area (Å²) in [6.45, 7) is 0.544. The Labute approximate surface area is 225 Å². The zero-order valence-corrected chi connectivity index (χ0v) is 21.0. The Kier molecular flexibility index (Phi) is 9.61. The molecule has 0 saturated carbocycles. The first-order chi connectivity index (χ1) is 19.0. The molecule has 0 fully saturated rings. The van der Waals surface area contributed by atoms with Crippen molar-refractivity contribution in [2.45, 2.75) is 18.9 Å². The van der Waals surface area contributed by atoms with E-state index in [1.807, 2.05) is 24.3 Å². The van der Waals surface area contributed by atoms with Gasteiger partial charge < -0.3 is 19.4 Å². The Balaban J connectivity index is 1.15. The minimum Gasteiger partial charge on any atom is -0.490 e. The molecule has 1 unspecified atom stereocenters. The molecular weight excluding hydrogens is 504 g/mol. The second-order valence-corrected chi connectivity index (χ2v) is 8.62. The molecule has 0 bridgehead atoms. The number of hydrogen-bond acceptors (Lipinski definition) is 5. The fraction of sp³-hybridized carbons (Fsp3) is 0.161. The molecule has 0 heterocycles. The molecule has 1 N–H and O–H groups in total. The summed E-state index contributed by atoms with van der Waals surface area (Å²) in [4.78, 5) is 16.8. The SMILES string of the molecule is O=C(O)C(Cc1ccc(OCCON=CCc2ccc(-c3ccc(F)cc3)cc2)cc1)Oc1ccc(F)cc1. The van der Waals surface area contributed by atoms with Gasteiger partial charge in [0, 0.05) is 19.1 Å². The van der Waals surface area contributed by atoms with Crippen molar-refractivity contribution >= 4 is 12.2 Å². The molecule has 4 aromatic carbocycles. The number of benzene rings is 4. The normalized spacial score (nSPS) is 11.7. The molecule has 8 heteroatoms. The van der Waals surface area contributed by atoms with E-state index in [-0.39, 0.29) is 31.2 Å². The van der Waals surface area contributed by atoms with Crippen molar-refractivity contribution in [2.24, 2.45) is 5.16 Å². The summed E-state index contributed by atoms with van der Waals surface area (Å²) >= 11 is 0. The van der Waals surface area contributed by atoms with Gasteiger partial charge in [0.1, 0.15) is 29.7 Å². The molecule has 0 radical (unpaired) electrons. The number of oxime groups is 1. The van der Waals surface area contributed by atoms with Gasteiger partial charge >= 0.3 is 5.97 Å². The van der Waals surface area contributed by atoms with Crippen LogP contribution in [0, 0.1) is 11.6 Å². The Hall–Kier alpha value is -4.72. The summed E-state index contributed by atoms with van der Waals surface area (Å²) in [5.74, 6) is -0.898. The number of aliphatic carboxylic acids is 1. The van der Waals surface area contributed by atoms with E-state index in [4.69, 9.17) is 14.3 Å². The van der Waals surface area contributed by atoms with Gasteiger partial charge in [-0.1, -0.05) is 53.7 Å². The maximum atomic E-state index is 13.1. The smallest absolute Gasteiger partial charge is 0.345 e. The molecule has 0 aliphatic rings. The molecule has 200 valence electrons. The van der Waals surface area contributed by atoms with Crippen LogP contribution < -0.4 is 9.47 Å². The van der Waals surface area contributed by atoms with Crippen LogP contribution in [0.15, 0.2) is 102 Å². The highest BCUT2D eigenvalue weighted by atomic mass is 19.1. The lowest BCUT2D eigenvalue weighted by molar-refractivity contribution is -0.145. The van der Waals surface area contributed by atoms with Gasteiger partial charge in [0.2, 0.25) is 0 Å². The first kappa shape index (κ1) is 27.3. The van der Waals surface area contributed by atoms with E-state index in [9.17, 15) is 18.7 Å². The van der Waals surface area contributed by atoms with Crippen LogP contribution in [0.25, 0.3) is 11.1 Å². The van der Waals surface area contributed by atoms with Crippen molar-refractivity contribution in [1.29, 1.82) is 0 Å². The number of carbonyl (C=O) groups is 1. The number of ether oxygens (including phenoxy) is 2. The van der Waals surface area contributed by atoms with E-state index in [1.165, 1.54) is 36.4 Å². The van der Waals surface area contributed by atoms with E-state index in [0.29, 0.717) is 12.2 Å². The number of rotatable bonds is 13. The molecule has 0 aliphatic heterocycles. The zero-order chi connectivity index (χ0) is 27.5. The minimum absolute atomic E-state index is 0.139. The number of carboxylic acid groups (broad SMARTS) is 1. The van der Waals surface area contributed by atoms with Crippen LogP contribution >= 0.6 is 0 Å².